The first-order chi connectivity index (χ1) is 7.74. The molecule has 1 saturated carbocycles. The second-order valence-corrected chi connectivity index (χ2v) is 5.09. The minimum atomic E-state index is 0.849. The molecule has 0 radical (unpaired) electrons. The summed E-state index contributed by atoms with van der Waals surface area (Å²) >= 11 is 0. The molecule has 0 amide bonds. The van der Waals surface area contributed by atoms with Gasteiger partial charge in [0.1, 0.15) is 0 Å². The van der Waals surface area contributed by atoms with Gasteiger partial charge in [-0.25, -0.2) is 0 Å². The van der Waals surface area contributed by atoms with E-state index in [9.17, 15) is 0 Å². The monoisotopic (exact) mass is 218 g/mol. The molecule has 2 heteroatoms. The lowest BCUT2D eigenvalue weighted by molar-refractivity contribution is 0.271. The molecular weight excluding hydrogens is 196 g/mol. The molecule has 1 aliphatic rings. The highest BCUT2D eigenvalue weighted by atomic mass is 15.1. The average Bonchev–Trinajstić information content (AvgIpc) is 2.74. The molecule has 0 heterocycles. The third-order valence-electron chi connectivity index (χ3n) is 3.48. The van der Waals surface area contributed by atoms with E-state index in [1.807, 2.05) is 12.1 Å². The van der Waals surface area contributed by atoms with Crippen LogP contribution in [0.3, 0.4) is 0 Å². The Kier molecular flexibility index (Phi) is 3.83. The standard InChI is InChI=1S/C14H22N2/c1-16(10-12-4-2-3-5-12)11-13-6-8-14(15)9-7-13/h6-9,12H,2-5,10-11,15H2,1H3. The van der Waals surface area contributed by atoms with Gasteiger partial charge in [-0.15, -0.1) is 0 Å². The van der Waals surface area contributed by atoms with Gasteiger partial charge in [0.25, 0.3) is 0 Å². The van der Waals surface area contributed by atoms with Crippen LogP contribution < -0.4 is 5.73 Å². The first kappa shape index (κ1) is 11.5. The molecule has 0 aliphatic heterocycles. The SMILES string of the molecule is CN(Cc1ccc(N)cc1)CC1CCCC1. The molecule has 1 aliphatic carbocycles. The van der Waals surface area contributed by atoms with Crippen LogP contribution in [-0.4, -0.2) is 18.5 Å². The predicted octanol–water partition coefficient (Wildman–Crippen LogP) is 2.89. The molecule has 0 spiro atoms. The third kappa shape index (κ3) is 3.24. The molecule has 1 fully saturated rings. The summed E-state index contributed by atoms with van der Waals surface area (Å²) in [4.78, 5) is 2.43. The molecule has 0 atom stereocenters. The van der Waals surface area contributed by atoms with Gasteiger partial charge in [0, 0.05) is 18.8 Å². The molecule has 1 aromatic rings. The normalized spacial score (nSPS) is 17.1. The Balaban J connectivity index is 1.81. The minimum Gasteiger partial charge on any atom is -0.399 e. The number of benzene rings is 1. The van der Waals surface area contributed by atoms with Crippen LogP contribution >= 0.6 is 0 Å². The van der Waals surface area contributed by atoms with E-state index in [2.05, 4.69) is 24.1 Å². The summed E-state index contributed by atoms with van der Waals surface area (Å²) in [7, 11) is 2.22. The maximum absolute atomic E-state index is 5.68. The number of hydrogen-bond acceptors (Lipinski definition) is 2. The quantitative estimate of drug-likeness (QED) is 0.787. The molecule has 1 aromatic carbocycles. The van der Waals surface area contributed by atoms with Crippen molar-refractivity contribution < 1.29 is 0 Å². The third-order valence-corrected chi connectivity index (χ3v) is 3.48. The van der Waals surface area contributed by atoms with Gasteiger partial charge in [-0.05, 0) is 43.5 Å². The molecule has 88 valence electrons. The van der Waals surface area contributed by atoms with Gasteiger partial charge in [0.05, 0.1) is 0 Å². The van der Waals surface area contributed by atoms with E-state index in [4.69, 9.17) is 5.73 Å². The maximum Gasteiger partial charge on any atom is 0.0314 e. The molecule has 16 heavy (non-hydrogen) atoms. The Morgan fingerprint density at radius 1 is 1.19 bits per heavy atom. The van der Waals surface area contributed by atoms with Crippen LogP contribution in [0.4, 0.5) is 5.69 Å². The Morgan fingerprint density at radius 3 is 2.44 bits per heavy atom. The minimum absolute atomic E-state index is 0.849. The Hall–Kier alpha value is -1.02. The van der Waals surface area contributed by atoms with Gasteiger partial charge in [0.2, 0.25) is 0 Å². The van der Waals surface area contributed by atoms with Crippen molar-refractivity contribution >= 4 is 5.69 Å². The van der Waals surface area contributed by atoms with Crippen molar-refractivity contribution in [3.05, 3.63) is 29.8 Å². The highest BCUT2D eigenvalue weighted by molar-refractivity contribution is 5.39. The summed E-state index contributed by atoms with van der Waals surface area (Å²) in [6, 6.07) is 8.22. The zero-order valence-corrected chi connectivity index (χ0v) is 10.2. The van der Waals surface area contributed by atoms with Crippen molar-refractivity contribution in [3.63, 3.8) is 0 Å². The van der Waals surface area contributed by atoms with Crippen LogP contribution in [0.15, 0.2) is 24.3 Å². The summed E-state index contributed by atoms with van der Waals surface area (Å²) in [5, 5.41) is 0. The van der Waals surface area contributed by atoms with E-state index in [0.717, 1.165) is 18.2 Å². The number of anilines is 1. The van der Waals surface area contributed by atoms with Crippen LogP contribution in [0.1, 0.15) is 31.2 Å². The number of rotatable bonds is 4. The first-order valence-corrected chi connectivity index (χ1v) is 6.27. The molecule has 2 rings (SSSR count). The second kappa shape index (κ2) is 5.35. The van der Waals surface area contributed by atoms with Crippen LogP contribution in [0, 0.1) is 5.92 Å². The van der Waals surface area contributed by atoms with Crippen molar-refractivity contribution in [2.24, 2.45) is 5.92 Å². The molecule has 0 saturated heterocycles. The van der Waals surface area contributed by atoms with Crippen LogP contribution in [0.2, 0.25) is 0 Å². The Bertz CT molecular complexity index is 312. The highest BCUT2D eigenvalue weighted by Gasteiger charge is 2.16. The van der Waals surface area contributed by atoms with E-state index in [-0.39, 0.29) is 0 Å². The van der Waals surface area contributed by atoms with Crippen LogP contribution in [0.5, 0.6) is 0 Å². The van der Waals surface area contributed by atoms with E-state index in [1.165, 1.54) is 37.8 Å². The van der Waals surface area contributed by atoms with Crippen molar-refractivity contribution in [1.82, 2.24) is 4.90 Å². The highest BCUT2D eigenvalue weighted by Crippen LogP contribution is 2.25. The maximum atomic E-state index is 5.68. The van der Waals surface area contributed by atoms with E-state index in [1.54, 1.807) is 0 Å². The zero-order chi connectivity index (χ0) is 11.4. The second-order valence-electron chi connectivity index (χ2n) is 5.09. The molecule has 0 unspecified atom stereocenters. The lowest BCUT2D eigenvalue weighted by Gasteiger charge is -2.20. The lowest BCUT2D eigenvalue weighted by Crippen LogP contribution is -2.24. The largest absolute Gasteiger partial charge is 0.399 e. The Morgan fingerprint density at radius 2 is 1.81 bits per heavy atom. The smallest absolute Gasteiger partial charge is 0.0314 e. The van der Waals surface area contributed by atoms with Gasteiger partial charge >= 0.3 is 0 Å². The zero-order valence-electron chi connectivity index (χ0n) is 10.2. The number of nitrogens with zero attached hydrogens (tertiary/aromatic N) is 1. The fourth-order valence-corrected chi connectivity index (χ4v) is 2.63. The van der Waals surface area contributed by atoms with E-state index in [0.29, 0.717) is 0 Å². The fourth-order valence-electron chi connectivity index (χ4n) is 2.63. The fraction of sp³-hybridized carbons (Fsp3) is 0.571. The van der Waals surface area contributed by atoms with Crippen molar-refractivity contribution in [1.29, 1.82) is 0 Å². The van der Waals surface area contributed by atoms with Gasteiger partial charge in [0.15, 0.2) is 0 Å². The molecule has 0 bridgehead atoms. The van der Waals surface area contributed by atoms with E-state index < -0.39 is 0 Å². The van der Waals surface area contributed by atoms with Gasteiger partial charge in [-0.3, -0.25) is 0 Å². The number of nitrogens with two attached hydrogens (primary N) is 1. The molecule has 0 aromatic heterocycles. The van der Waals surface area contributed by atoms with Crippen LogP contribution in [0.25, 0.3) is 0 Å². The number of hydrogen-bond donors (Lipinski definition) is 1. The average molecular weight is 218 g/mol. The molecule has 2 nitrogen and oxygen atoms in total. The summed E-state index contributed by atoms with van der Waals surface area (Å²) in [5.74, 6) is 0.929. The van der Waals surface area contributed by atoms with Crippen molar-refractivity contribution in [2.75, 3.05) is 19.3 Å². The van der Waals surface area contributed by atoms with Crippen molar-refractivity contribution in [2.45, 2.75) is 32.2 Å². The topological polar surface area (TPSA) is 29.3 Å². The lowest BCUT2D eigenvalue weighted by atomic mass is 10.1. The summed E-state index contributed by atoms with van der Waals surface area (Å²) in [6.07, 6.45) is 5.71. The van der Waals surface area contributed by atoms with E-state index >= 15 is 0 Å². The van der Waals surface area contributed by atoms with Crippen LogP contribution in [-0.2, 0) is 6.54 Å². The summed E-state index contributed by atoms with van der Waals surface area (Å²) < 4.78 is 0. The van der Waals surface area contributed by atoms with Gasteiger partial charge in [-0.2, -0.15) is 0 Å². The predicted molar refractivity (Wildman–Crippen MR) is 69.1 cm³/mol. The van der Waals surface area contributed by atoms with Gasteiger partial charge in [-0.1, -0.05) is 25.0 Å². The molecule has 2 N–H and O–H groups in total. The molecular formula is C14H22N2. The Labute approximate surface area is 98.4 Å². The van der Waals surface area contributed by atoms with Gasteiger partial charge < -0.3 is 10.6 Å². The summed E-state index contributed by atoms with van der Waals surface area (Å²) in [5.41, 5.74) is 7.88. The first-order valence-electron chi connectivity index (χ1n) is 6.27. The number of nitrogen functional groups attached to an aromatic ring is 1. The summed E-state index contributed by atoms with van der Waals surface area (Å²) in [6.45, 7) is 2.28. The van der Waals surface area contributed by atoms with Crippen molar-refractivity contribution in [3.8, 4) is 0 Å².